The zero-order valence-electron chi connectivity index (χ0n) is 13.4. The summed E-state index contributed by atoms with van der Waals surface area (Å²) < 4.78 is 0. The molecule has 0 aliphatic carbocycles. The lowest BCUT2D eigenvalue weighted by molar-refractivity contribution is 0.0694. The van der Waals surface area contributed by atoms with Crippen LogP contribution < -0.4 is 5.32 Å². The van der Waals surface area contributed by atoms with E-state index in [1.165, 1.54) is 24.9 Å². The van der Waals surface area contributed by atoms with Gasteiger partial charge in [0, 0.05) is 31.7 Å². The number of piperazine rings is 1. The number of hydrogen-bond acceptors (Lipinski definition) is 3. The number of hydrogen-bond donors (Lipinski definition) is 1. The maximum atomic E-state index is 3.81. The van der Waals surface area contributed by atoms with Gasteiger partial charge in [-0.15, -0.1) is 0 Å². The van der Waals surface area contributed by atoms with Crippen LogP contribution in [-0.2, 0) is 6.54 Å². The van der Waals surface area contributed by atoms with E-state index in [-0.39, 0.29) is 0 Å². The van der Waals surface area contributed by atoms with E-state index in [1.807, 2.05) is 11.3 Å². The topological polar surface area (TPSA) is 15.3 Å². The molecule has 0 amide bonds. The van der Waals surface area contributed by atoms with Crippen LogP contribution in [0.3, 0.4) is 0 Å². The Morgan fingerprint density at radius 1 is 1.30 bits per heavy atom. The zero-order valence-corrected chi connectivity index (χ0v) is 14.2. The first-order valence-electron chi connectivity index (χ1n) is 8.14. The molecule has 1 saturated heterocycles. The highest BCUT2D eigenvalue weighted by Gasteiger charge is 2.32. The van der Waals surface area contributed by atoms with Crippen LogP contribution in [0.1, 0.15) is 46.1 Å². The highest BCUT2D eigenvalue weighted by atomic mass is 32.1. The second-order valence-electron chi connectivity index (χ2n) is 6.41. The first-order chi connectivity index (χ1) is 9.65. The van der Waals surface area contributed by atoms with Gasteiger partial charge in [-0.05, 0) is 34.2 Å². The fourth-order valence-electron chi connectivity index (χ4n) is 3.15. The molecule has 3 heteroatoms. The van der Waals surface area contributed by atoms with E-state index in [2.05, 4.69) is 54.7 Å². The van der Waals surface area contributed by atoms with Crippen LogP contribution in [0, 0.1) is 11.8 Å². The molecule has 0 radical (unpaired) electrons. The van der Waals surface area contributed by atoms with E-state index in [0.717, 1.165) is 24.9 Å². The third kappa shape index (κ3) is 3.84. The minimum atomic E-state index is 0.652. The Labute approximate surface area is 128 Å². The van der Waals surface area contributed by atoms with Gasteiger partial charge < -0.3 is 5.32 Å². The van der Waals surface area contributed by atoms with Crippen molar-refractivity contribution in [3.8, 4) is 0 Å². The number of nitrogens with one attached hydrogen (secondary N) is 1. The molecule has 4 unspecified atom stereocenters. The molecule has 1 fully saturated rings. The van der Waals surface area contributed by atoms with Crippen molar-refractivity contribution >= 4 is 11.3 Å². The largest absolute Gasteiger partial charge is 0.311 e. The molecule has 0 saturated carbocycles. The third-order valence-corrected chi connectivity index (χ3v) is 5.82. The van der Waals surface area contributed by atoms with Crippen molar-refractivity contribution in [1.29, 1.82) is 0 Å². The minimum Gasteiger partial charge on any atom is -0.311 e. The Morgan fingerprint density at radius 2 is 2.05 bits per heavy atom. The standard InChI is InChI=1S/C17H30N2S/c1-5-13(3)16-11-19(10-15-7-8-20-12-15)17(9-18-16)14(4)6-2/h7-8,12-14,16-18H,5-6,9-11H2,1-4H3. The average molecular weight is 295 g/mol. The van der Waals surface area contributed by atoms with Crippen molar-refractivity contribution in [2.75, 3.05) is 13.1 Å². The SMILES string of the molecule is CCC(C)C1CN(Cc2ccsc2)C(C(C)CC)CN1. The van der Waals surface area contributed by atoms with Gasteiger partial charge in [0.05, 0.1) is 0 Å². The summed E-state index contributed by atoms with van der Waals surface area (Å²) in [5, 5.41) is 8.30. The highest BCUT2D eigenvalue weighted by molar-refractivity contribution is 7.07. The normalized spacial score (nSPS) is 27.4. The van der Waals surface area contributed by atoms with E-state index in [4.69, 9.17) is 0 Å². The quantitative estimate of drug-likeness (QED) is 0.853. The average Bonchev–Trinajstić information content (AvgIpc) is 2.98. The molecule has 1 aliphatic heterocycles. The van der Waals surface area contributed by atoms with Crippen LogP contribution in [0.5, 0.6) is 0 Å². The van der Waals surface area contributed by atoms with Gasteiger partial charge in [-0.2, -0.15) is 11.3 Å². The molecule has 2 rings (SSSR count). The van der Waals surface area contributed by atoms with Crippen LogP contribution in [-0.4, -0.2) is 30.1 Å². The van der Waals surface area contributed by atoms with E-state index in [0.29, 0.717) is 12.1 Å². The van der Waals surface area contributed by atoms with Crippen LogP contribution in [0.4, 0.5) is 0 Å². The van der Waals surface area contributed by atoms with Gasteiger partial charge in [-0.3, -0.25) is 4.90 Å². The van der Waals surface area contributed by atoms with Gasteiger partial charge >= 0.3 is 0 Å². The molecule has 1 aromatic rings. The fourth-order valence-corrected chi connectivity index (χ4v) is 3.81. The molecular weight excluding hydrogens is 264 g/mol. The fraction of sp³-hybridized carbons (Fsp3) is 0.765. The van der Waals surface area contributed by atoms with Crippen molar-refractivity contribution in [2.45, 2.75) is 59.2 Å². The molecule has 2 heterocycles. The lowest BCUT2D eigenvalue weighted by Gasteiger charge is -2.44. The Balaban J connectivity index is 2.06. The van der Waals surface area contributed by atoms with Gasteiger partial charge in [0.25, 0.3) is 0 Å². The summed E-state index contributed by atoms with van der Waals surface area (Å²) in [6.45, 7) is 12.9. The summed E-state index contributed by atoms with van der Waals surface area (Å²) in [5.74, 6) is 1.52. The Kier molecular flexibility index (Phi) is 6.06. The van der Waals surface area contributed by atoms with E-state index < -0.39 is 0 Å². The Morgan fingerprint density at radius 3 is 2.65 bits per heavy atom. The predicted molar refractivity (Wildman–Crippen MR) is 89.2 cm³/mol. The van der Waals surface area contributed by atoms with Gasteiger partial charge in [0.15, 0.2) is 0 Å². The minimum absolute atomic E-state index is 0.652. The summed E-state index contributed by atoms with van der Waals surface area (Å²) >= 11 is 1.81. The molecule has 1 aliphatic rings. The van der Waals surface area contributed by atoms with Crippen LogP contribution >= 0.6 is 11.3 Å². The second kappa shape index (κ2) is 7.58. The summed E-state index contributed by atoms with van der Waals surface area (Å²) in [6.07, 6.45) is 2.53. The molecule has 0 bridgehead atoms. The number of rotatable bonds is 6. The number of thiophene rings is 1. The lowest BCUT2D eigenvalue weighted by atomic mass is 9.90. The van der Waals surface area contributed by atoms with Crippen molar-refractivity contribution < 1.29 is 0 Å². The van der Waals surface area contributed by atoms with Gasteiger partial charge in [0.1, 0.15) is 0 Å². The van der Waals surface area contributed by atoms with Crippen molar-refractivity contribution in [1.82, 2.24) is 10.2 Å². The first kappa shape index (κ1) is 16.0. The smallest absolute Gasteiger partial charge is 0.0250 e. The molecular formula is C17H30N2S. The Hall–Kier alpha value is -0.380. The maximum absolute atomic E-state index is 3.81. The molecule has 20 heavy (non-hydrogen) atoms. The molecule has 114 valence electrons. The molecule has 0 aromatic carbocycles. The van der Waals surface area contributed by atoms with Crippen LogP contribution in [0.15, 0.2) is 16.8 Å². The van der Waals surface area contributed by atoms with Gasteiger partial charge in [-0.25, -0.2) is 0 Å². The van der Waals surface area contributed by atoms with Crippen molar-refractivity contribution in [2.24, 2.45) is 11.8 Å². The van der Waals surface area contributed by atoms with Crippen LogP contribution in [0.2, 0.25) is 0 Å². The predicted octanol–water partition coefficient (Wildman–Crippen LogP) is 3.98. The summed E-state index contributed by atoms with van der Waals surface area (Å²) in [5.41, 5.74) is 1.48. The van der Waals surface area contributed by atoms with Gasteiger partial charge in [0.2, 0.25) is 0 Å². The molecule has 4 atom stereocenters. The zero-order chi connectivity index (χ0) is 14.5. The summed E-state index contributed by atoms with van der Waals surface area (Å²) in [4.78, 5) is 2.73. The van der Waals surface area contributed by atoms with E-state index in [1.54, 1.807) is 0 Å². The lowest BCUT2D eigenvalue weighted by Crippen LogP contribution is -2.59. The molecule has 1 aromatic heterocycles. The van der Waals surface area contributed by atoms with E-state index >= 15 is 0 Å². The Bertz CT molecular complexity index is 376. The third-order valence-electron chi connectivity index (χ3n) is 5.09. The highest BCUT2D eigenvalue weighted by Crippen LogP contribution is 2.24. The van der Waals surface area contributed by atoms with Gasteiger partial charge in [-0.1, -0.05) is 40.5 Å². The molecule has 2 nitrogen and oxygen atoms in total. The van der Waals surface area contributed by atoms with Crippen molar-refractivity contribution in [3.63, 3.8) is 0 Å². The summed E-state index contributed by atoms with van der Waals surface area (Å²) in [6, 6.07) is 3.61. The summed E-state index contributed by atoms with van der Waals surface area (Å²) in [7, 11) is 0. The van der Waals surface area contributed by atoms with Crippen LogP contribution in [0.25, 0.3) is 0 Å². The monoisotopic (exact) mass is 294 g/mol. The first-order valence-corrected chi connectivity index (χ1v) is 9.08. The second-order valence-corrected chi connectivity index (χ2v) is 7.19. The van der Waals surface area contributed by atoms with Crippen molar-refractivity contribution in [3.05, 3.63) is 22.4 Å². The number of nitrogens with zero attached hydrogens (tertiary/aromatic N) is 1. The molecule has 1 N–H and O–H groups in total. The maximum Gasteiger partial charge on any atom is 0.0250 e. The van der Waals surface area contributed by atoms with E-state index in [9.17, 15) is 0 Å². The molecule has 0 spiro atoms.